The lowest BCUT2D eigenvalue weighted by atomic mass is 9.68. The minimum Gasteiger partial charge on any atom is -0.455 e. The maximum absolute atomic E-state index is 7.04. The number of hydrogen-bond donors (Lipinski definition) is 0. The van der Waals surface area contributed by atoms with Gasteiger partial charge in [-0.3, -0.25) is 0 Å². The summed E-state index contributed by atoms with van der Waals surface area (Å²) in [5.74, 6) is 0. The van der Waals surface area contributed by atoms with Crippen LogP contribution in [0.4, 0.5) is 17.1 Å². The van der Waals surface area contributed by atoms with Gasteiger partial charge in [0.15, 0.2) is 0 Å². The number of hydrogen-bond acceptors (Lipinski definition) is 2. The molecule has 0 bridgehead atoms. The molecule has 0 fully saturated rings. The van der Waals surface area contributed by atoms with E-state index in [2.05, 4.69) is 247 Å². The van der Waals surface area contributed by atoms with Crippen LogP contribution in [0.25, 0.3) is 76.9 Å². The molecule has 0 radical (unpaired) electrons. The molecule has 0 saturated carbocycles. The van der Waals surface area contributed by atoms with Crippen LogP contribution in [0.1, 0.15) is 74.9 Å². The molecule has 1 heterocycles. The lowest BCUT2D eigenvalue weighted by Gasteiger charge is -2.34. The van der Waals surface area contributed by atoms with E-state index in [9.17, 15) is 0 Å². The van der Waals surface area contributed by atoms with Crippen molar-refractivity contribution < 1.29 is 4.42 Å². The van der Waals surface area contributed by atoms with Crippen LogP contribution in [-0.2, 0) is 16.2 Å². The first-order valence-electron chi connectivity index (χ1n) is 23.8. The zero-order valence-electron chi connectivity index (χ0n) is 38.9. The fraction of sp³-hybridized carbons (Fsp3) is 0.138. The van der Waals surface area contributed by atoms with Crippen LogP contribution in [0.2, 0.25) is 0 Å². The molecule has 11 aromatic rings. The largest absolute Gasteiger partial charge is 0.455 e. The third-order valence-electron chi connectivity index (χ3n) is 15.0. The highest BCUT2D eigenvalue weighted by Crippen LogP contribution is 2.64. The van der Waals surface area contributed by atoms with E-state index in [1.54, 1.807) is 0 Å². The number of benzene rings is 10. The Labute approximate surface area is 392 Å². The van der Waals surface area contributed by atoms with E-state index in [0.717, 1.165) is 55.5 Å². The highest BCUT2D eigenvalue weighted by molar-refractivity contribution is 6.18. The summed E-state index contributed by atoms with van der Waals surface area (Å²) in [7, 11) is 0. The number of nitrogens with zero attached hydrogens (tertiary/aromatic N) is 1. The van der Waals surface area contributed by atoms with E-state index in [1.165, 1.54) is 71.8 Å². The molecule has 0 unspecified atom stereocenters. The van der Waals surface area contributed by atoms with E-state index in [4.69, 9.17) is 4.42 Å². The molecule has 2 aliphatic rings. The minimum absolute atomic E-state index is 0.0327. The quantitative estimate of drug-likeness (QED) is 0.175. The SMILES string of the molecule is CC(C)(C)c1ccc2c(c1)C1(c3ccccc3-c3ccc(N(c4ccccc4-c4cccc5c4oc4c6ccccc6ccc54)c4cccc5ccccc45)cc31)c1cc(C(C)(C)C)ccc1-2. The Balaban J connectivity index is 1.11. The third kappa shape index (κ3) is 5.69. The molecular weight excluding hydrogens is 811 g/mol. The van der Waals surface area contributed by atoms with Crippen molar-refractivity contribution in [3.8, 4) is 33.4 Å². The molecule has 0 N–H and O–H groups in total. The molecule has 322 valence electrons. The highest BCUT2D eigenvalue weighted by Gasteiger charge is 2.52. The second kappa shape index (κ2) is 14.2. The average molecular weight is 862 g/mol. The molecular formula is C65H51NO. The molecule has 0 amide bonds. The summed E-state index contributed by atoms with van der Waals surface area (Å²) in [4.78, 5) is 2.51. The standard InChI is InChI=1S/C65H51NO/c1-63(2,3)42-30-34-48-49-35-31-43(64(4,5)6)38-57(49)65(56(48)37-42)55-26-13-11-22-47(55)50-36-32-44(39-58(50)65)66(59-28-15-19-40-17-7-9-20-45(40)59)60-27-14-12-23-51(60)52-24-16-25-53-54-33-29-41-18-8-10-21-46(41)61(54)67-62(52)53/h7-39H,1-6H3. The van der Waals surface area contributed by atoms with Crippen molar-refractivity contribution >= 4 is 60.5 Å². The molecule has 1 aromatic heterocycles. The van der Waals surface area contributed by atoms with Crippen molar-refractivity contribution in [3.63, 3.8) is 0 Å². The molecule has 0 aliphatic heterocycles. The van der Waals surface area contributed by atoms with Crippen LogP contribution in [-0.4, -0.2) is 0 Å². The summed E-state index contributed by atoms with van der Waals surface area (Å²) in [5, 5.41) is 6.93. The predicted octanol–water partition coefficient (Wildman–Crippen LogP) is 18.0. The molecule has 0 atom stereocenters. The molecule has 1 spiro atoms. The lowest BCUT2D eigenvalue weighted by molar-refractivity contribution is 0.586. The van der Waals surface area contributed by atoms with Crippen molar-refractivity contribution in [2.24, 2.45) is 0 Å². The average Bonchev–Trinajstić information content (AvgIpc) is 3.98. The second-order valence-electron chi connectivity index (χ2n) is 20.8. The van der Waals surface area contributed by atoms with E-state index >= 15 is 0 Å². The Kier molecular flexibility index (Phi) is 8.38. The zero-order valence-corrected chi connectivity index (χ0v) is 38.9. The normalized spacial score (nSPS) is 13.6. The van der Waals surface area contributed by atoms with Crippen LogP contribution in [0, 0.1) is 0 Å². The van der Waals surface area contributed by atoms with Crippen molar-refractivity contribution in [2.45, 2.75) is 57.8 Å². The molecule has 2 aliphatic carbocycles. The topological polar surface area (TPSA) is 16.4 Å². The fourth-order valence-corrected chi connectivity index (χ4v) is 11.7. The van der Waals surface area contributed by atoms with Gasteiger partial charge in [-0.25, -0.2) is 0 Å². The van der Waals surface area contributed by atoms with E-state index < -0.39 is 5.41 Å². The number of fused-ring (bicyclic) bond motifs is 16. The van der Waals surface area contributed by atoms with Gasteiger partial charge in [-0.2, -0.15) is 0 Å². The summed E-state index contributed by atoms with van der Waals surface area (Å²) in [6.07, 6.45) is 0. The Hall–Kier alpha value is -7.68. The molecule has 67 heavy (non-hydrogen) atoms. The van der Waals surface area contributed by atoms with E-state index in [0.29, 0.717) is 0 Å². The van der Waals surface area contributed by atoms with Crippen LogP contribution in [0.5, 0.6) is 0 Å². The predicted molar refractivity (Wildman–Crippen MR) is 283 cm³/mol. The van der Waals surface area contributed by atoms with Gasteiger partial charge in [0.25, 0.3) is 0 Å². The Bertz CT molecular complexity index is 3780. The van der Waals surface area contributed by atoms with Crippen LogP contribution in [0.3, 0.4) is 0 Å². The number of anilines is 3. The van der Waals surface area contributed by atoms with Crippen LogP contribution in [0.15, 0.2) is 205 Å². The van der Waals surface area contributed by atoms with Crippen molar-refractivity contribution in [2.75, 3.05) is 4.90 Å². The minimum atomic E-state index is -0.540. The first-order valence-corrected chi connectivity index (χ1v) is 23.8. The summed E-state index contributed by atoms with van der Waals surface area (Å²) in [6, 6.07) is 75.1. The highest BCUT2D eigenvalue weighted by atomic mass is 16.3. The van der Waals surface area contributed by atoms with Gasteiger partial charge in [-0.05, 0) is 108 Å². The third-order valence-corrected chi connectivity index (χ3v) is 15.0. The van der Waals surface area contributed by atoms with Crippen molar-refractivity contribution in [1.29, 1.82) is 0 Å². The fourth-order valence-electron chi connectivity index (χ4n) is 11.7. The van der Waals surface area contributed by atoms with Gasteiger partial charge in [-0.15, -0.1) is 0 Å². The summed E-state index contributed by atoms with van der Waals surface area (Å²) in [6.45, 7) is 14.0. The number of furan rings is 1. The Morgan fingerprint density at radius 1 is 0.343 bits per heavy atom. The monoisotopic (exact) mass is 861 g/mol. The van der Waals surface area contributed by atoms with Gasteiger partial charge in [0.1, 0.15) is 11.2 Å². The van der Waals surface area contributed by atoms with Gasteiger partial charge < -0.3 is 9.32 Å². The van der Waals surface area contributed by atoms with Crippen molar-refractivity contribution in [3.05, 3.63) is 234 Å². The lowest BCUT2D eigenvalue weighted by Crippen LogP contribution is -2.27. The molecule has 0 saturated heterocycles. The summed E-state index contributed by atoms with van der Waals surface area (Å²) < 4.78 is 7.04. The molecule has 2 heteroatoms. The second-order valence-corrected chi connectivity index (χ2v) is 20.8. The summed E-state index contributed by atoms with van der Waals surface area (Å²) in [5.41, 5.74) is 20.0. The first-order chi connectivity index (χ1) is 32.5. The van der Waals surface area contributed by atoms with E-state index in [-0.39, 0.29) is 10.8 Å². The number of para-hydroxylation sites is 2. The van der Waals surface area contributed by atoms with Crippen LogP contribution >= 0.6 is 0 Å². The first kappa shape index (κ1) is 39.7. The van der Waals surface area contributed by atoms with Gasteiger partial charge in [0.05, 0.1) is 16.8 Å². The molecule has 10 aromatic carbocycles. The number of rotatable bonds is 4. The van der Waals surface area contributed by atoms with Gasteiger partial charge in [0, 0.05) is 38.4 Å². The Morgan fingerprint density at radius 2 is 0.836 bits per heavy atom. The van der Waals surface area contributed by atoms with E-state index in [1.807, 2.05) is 0 Å². The van der Waals surface area contributed by atoms with Crippen molar-refractivity contribution in [1.82, 2.24) is 0 Å². The Morgan fingerprint density at radius 3 is 1.55 bits per heavy atom. The smallest absolute Gasteiger partial charge is 0.143 e. The zero-order chi connectivity index (χ0) is 45.4. The van der Waals surface area contributed by atoms with Gasteiger partial charge in [-0.1, -0.05) is 211 Å². The molecule has 2 nitrogen and oxygen atoms in total. The summed E-state index contributed by atoms with van der Waals surface area (Å²) >= 11 is 0. The van der Waals surface area contributed by atoms with Gasteiger partial charge in [0.2, 0.25) is 0 Å². The van der Waals surface area contributed by atoms with Crippen LogP contribution < -0.4 is 4.90 Å². The van der Waals surface area contributed by atoms with Gasteiger partial charge >= 0.3 is 0 Å². The maximum atomic E-state index is 7.04. The maximum Gasteiger partial charge on any atom is 0.143 e. The molecule has 13 rings (SSSR count).